The summed E-state index contributed by atoms with van der Waals surface area (Å²) in [6.07, 6.45) is 0.755. The lowest BCUT2D eigenvalue weighted by atomic mass is 9.99. The van der Waals surface area contributed by atoms with Crippen LogP contribution in [-0.4, -0.2) is 12.2 Å². The maximum Gasteiger partial charge on any atom is 0.140 e. The number of ether oxygens (including phenoxy) is 1. The van der Waals surface area contributed by atoms with Crippen LogP contribution in [0.15, 0.2) is 34.9 Å². The molecule has 1 N–H and O–H groups in total. The van der Waals surface area contributed by atoms with Gasteiger partial charge < -0.3 is 14.3 Å². The molecule has 0 bridgehead atoms. The van der Waals surface area contributed by atoms with Crippen molar-refractivity contribution in [3.05, 3.63) is 53.0 Å². The van der Waals surface area contributed by atoms with E-state index >= 15 is 0 Å². The van der Waals surface area contributed by atoms with E-state index in [1.165, 1.54) is 0 Å². The molecule has 2 rings (SSSR count). The number of aliphatic hydroxyl groups excluding tert-OH is 1. The van der Waals surface area contributed by atoms with Gasteiger partial charge in [0.05, 0.1) is 13.4 Å². The van der Waals surface area contributed by atoms with E-state index in [1.54, 1.807) is 25.5 Å². The molecular formula is C14H16O3. The van der Waals surface area contributed by atoms with Gasteiger partial charge in [-0.2, -0.15) is 0 Å². The maximum atomic E-state index is 10.2. The van der Waals surface area contributed by atoms with E-state index in [2.05, 4.69) is 0 Å². The van der Waals surface area contributed by atoms with Gasteiger partial charge in [-0.1, -0.05) is 12.1 Å². The molecule has 0 aliphatic rings. The van der Waals surface area contributed by atoms with Gasteiger partial charge in [-0.25, -0.2) is 0 Å². The van der Waals surface area contributed by atoms with E-state index in [9.17, 15) is 5.11 Å². The van der Waals surface area contributed by atoms with Gasteiger partial charge in [-0.3, -0.25) is 0 Å². The number of rotatable bonds is 3. The average molecular weight is 232 g/mol. The highest BCUT2D eigenvalue weighted by molar-refractivity contribution is 5.47. The fourth-order valence-corrected chi connectivity index (χ4v) is 1.90. The van der Waals surface area contributed by atoms with Crippen molar-refractivity contribution in [3.8, 4) is 5.75 Å². The summed E-state index contributed by atoms with van der Waals surface area (Å²) < 4.78 is 10.6. The molecule has 90 valence electrons. The Bertz CT molecular complexity index is 500. The second-order valence-electron chi connectivity index (χ2n) is 4.05. The summed E-state index contributed by atoms with van der Waals surface area (Å²) >= 11 is 0. The summed E-state index contributed by atoms with van der Waals surface area (Å²) in [4.78, 5) is 0. The smallest absolute Gasteiger partial charge is 0.140 e. The molecule has 17 heavy (non-hydrogen) atoms. The minimum atomic E-state index is -0.792. The van der Waals surface area contributed by atoms with E-state index in [0.29, 0.717) is 11.5 Å². The second kappa shape index (κ2) is 4.63. The van der Waals surface area contributed by atoms with Crippen LogP contribution >= 0.6 is 0 Å². The summed E-state index contributed by atoms with van der Waals surface area (Å²) in [5.41, 5.74) is 2.90. The molecule has 0 saturated heterocycles. The first-order valence-corrected chi connectivity index (χ1v) is 5.50. The summed E-state index contributed by atoms with van der Waals surface area (Å²) in [6.45, 7) is 3.99. The lowest BCUT2D eigenvalue weighted by Gasteiger charge is -2.16. The van der Waals surface area contributed by atoms with Crippen molar-refractivity contribution < 1.29 is 14.3 Å². The van der Waals surface area contributed by atoms with Gasteiger partial charge in [-0.15, -0.1) is 0 Å². The summed E-state index contributed by atoms with van der Waals surface area (Å²) in [6, 6.07) is 7.35. The fourth-order valence-electron chi connectivity index (χ4n) is 1.90. The number of benzene rings is 1. The van der Waals surface area contributed by atoms with Crippen molar-refractivity contribution in [2.45, 2.75) is 20.0 Å². The van der Waals surface area contributed by atoms with Crippen LogP contribution in [0.1, 0.15) is 28.6 Å². The first-order valence-electron chi connectivity index (χ1n) is 5.50. The Labute approximate surface area is 101 Å². The molecule has 0 saturated carbocycles. The van der Waals surface area contributed by atoms with Crippen LogP contribution in [0.25, 0.3) is 0 Å². The van der Waals surface area contributed by atoms with Gasteiger partial charge in [0, 0.05) is 5.56 Å². The van der Waals surface area contributed by atoms with Crippen LogP contribution in [0.5, 0.6) is 5.75 Å². The Morgan fingerprint density at radius 3 is 2.59 bits per heavy atom. The SMILES string of the molecule is COc1c(C(O)c2ccco2)ccc(C)c1C. The predicted molar refractivity (Wildman–Crippen MR) is 65.2 cm³/mol. The highest BCUT2D eigenvalue weighted by Gasteiger charge is 2.19. The molecule has 0 spiro atoms. The molecule has 0 fully saturated rings. The topological polar surface area (TPSA) is 42.6 Å². The molecule has 0 aliphatic heterocycles. The van der Waals surface area contributed by atoms with Gasteiger partial charge in [0.2, 0.25) is 0 Å². The fraction of sp³-hybridized carbons (Fsp3) is 0.286. The standard InChI is InChI=1S/C14H16O3/c1-9-6-7-11(14(16-3)10(9)2)13(15)12-5-4-8-17-12/h4-8,13,15H,1-3H3. The van der Waals surface area contributed by atoms with Gasteiger partial charge in [0.1, 0.15) is 17.6 Å². The van der Waals surface area contributed by atoms with Crippen LogP contribution in [0.2, 0.25) is 0 Å². The Morgan fingerprint density at radius 2 is 2.00 bits per heavy atom. The first kappa shape index (κ1) is 11.7. The van der Waals surface area contributed by atoms with Crippen molar-refractivity contribution in [3.63, 3.8) is 0 Å². The number of hydrogen-bond donors (Lipinski definition) is 1. The van der Waals surface area contributed by atoms with Gasteiger partial charge >= 0.3 is 0 Å². The van der Waals surface area contributed by atoms with Gasteiger partial charge in [-0.05, 0) is 37.1 Å². The third kappa shape index (κ3) is 2.06. The highest BCUT2D eigenvalue weighted by atomic mass is 16.5. The van der Waals surface area contributed by atoms with Crippen molar-refractivity contribution >= 4 is 0 Å². The number of methoxy groups -OCH3 is 1. The van der Waals surface area contributed by atoms with Crippen molar-refractivity contribution in [2.24, 2.45) is 0 Å². The van der Waals surface area contributed by atoms with E-state index < -0.39 is 6.10 Å². The molecule has 2 aromatic rings. The molecule has 0 amide bonds. The number of furan rings is 1. The number of aliphatic hydroxyl groups is 1. The van der Waals surface area contributed by atoms with Gasteiger partial charge in [0.25, 0.3) is 0 Å². The number of aryl methyl sites for hydroxylation is 1. The van der Waals surface area contributed by atoms with E-state index in [0.717, 1.165) is 16.7 Å². The van der Waals surface area contributed by atoms with Crippen LogP contribution in [0.3, 0.4) is 0 Å². The van der Waals surface area contributed by atoms with Crippen LogP contribution in [-0.2, 0) is 0 Å². The largest absolute Gasteiger partial charge is 0.496 e. The molecule has 0 aliphatic carbocycles. The number of hydrogen-bond acceptors (Lipinski definition) is 3. The predicted octanol–water partition coefficient (Wildman–Crippen LogP) is 2.99. The quantitative estimate of drug-likeness (QED) is 0.884. The van der Waals surface area contributed by atoms with Gasteiger partial charge in [0.15, 0.2) is 0 Å². The van der Waals surface area contributed by atoms with Crippen LogP contribution in [0, 0.1) is 13.8 Å². The molecular weight excluding hydrogens is 216 g/mol. The molecule has 0 radical (unpaired) electrons. The Kier molecular flexibility index (Phi) is 3.20. The van der Waals surface area contributed by atoms with Crippen LogP contribution < -0.4 is 4.74 Å². The highest BCUT2D eigenvalue weighted by Crippen LogP contribution is 2.34. The zero-order valence-electron chi connectivity index (χ0n) is 10.2. The Morgan fingerprint density at radius 1 is 1.24 bits per heavy atom. The summed E-state index contributed by atoms with van der Waals surface area (Å²) in [5.74, 6) is 1.24. The minimum absolute atomic E-state index is 0.520. The molecule has 3 nitrogen and oxygen atoms in total. The molecule has 1 aromatic carbocycles. The molecule has 1 heterocycles. The maximum absolute atomic E-state index is 10.2. The Balaban J connectivity index is 2.49. The van der Waals surface area contributed by atoms with Crippen LogP contribution in [0.4, 0.5) is 0 Å². The Hall–Kier alpha value is -1.74. The lowest BCUT2D eigenvalue weighted by molar-refractivity contribution is 0.185. The third-order valence-electron chi connectivity index (χ3n) is 3.02. The second-order valence-corrected chi connectivity index (χ2v) is 4.05. The molecule has 1 aromatic heterocycles. The monoisotopic (exact) mass is 232 g/mol. The van der Waals surface area contributed by atoms with E-state index in [4.69, 9.17) is 9.15 Å². The van der Waals surface area contributed by atoms with Crippen molar-refractivity contribution in [1.29, 1.82) is 0 Å². The third-order valence-corrected chi connectivity index (χ3v) is 3.02. The summed E-state index contributed by atoms with van der Waals surface area (Å²) in [7, 11) is 1.61. The summed E-state index contributed by atoms with van der Waals surface area (Å²) in [5, 5.41) is 10.2. The minimum Gasteiger partial charge on any atom is -0.496 e. The molecule has 1 unspecified atom stereocenters. The van der Waals surface area contributed by atoms with Crippen molar-refractivity contribution in [1.82, 2.24) is 0 Å². The average Bonchev–Trinajstić information content (AvgIpc) is 2.85. The zero-order chi connectivity index (χ0) is 12.4. The lowest BCUT2D eigenvalue weighted by Crippen LogP contribution is -2.03. The van der Waals surface area contributed by atoms with E-state index in [1.807, 2.05) is 26.0 Å². The van der Waals surface area contributed by atoms with Crippen molar-refractivity contribution in [2.75, 3.05) is 7.11 Å². The first-order chi connectivity index (χ1) is 8.15. The molecule has 3 heteroatoms. The normalized spacial score (nSPS) is 12.5. The van der Waals surface area contributed by atoms with E-state index in [-0.39, 0.29) is 0 Å². The zero-order valence-corrected chi connectivity index (χ0v) is 10.2. The molecule has 1 atom stereocenters.